The highest BCUT2D eigenvalue weighted by atomic mass is 31.1. The van der Waals surface area contributed by atoms with E-state index in [0.717, 1.165) is 33.6 Å². The van der Waals surface area contributed by atoms with Crippen molar-refractivity contribution in [1.29, 1.82) is 0 Å². The van der Waals surface area contributed by atoms with Crippen LogP contribution in [0.2, 0.25) is 0 Å². The Morgan fingerprint density at radius 1 is 1.14 bits per heavy atom. The molecule has 0 aliphatic rings. The van der Waals surface area contributed by atoms with Gasteiger partial charge in [-0.05, 0) is 46.7 Å². The highest BCUT2D eigenvalue weighted by molar-refractivity contribution is 7.39. The van der Waals surface area contributed by atoms with Gasteiger partial charge in [0.2, 0.25) is 6.16 Å². The number of aromatic nitrogens is 1. The quantitative estimate of drug-likeness (QED) is 0.275. The minimum Gasteiger partial charge on any atom is -0.481 e. The van der Waals surface area contributed by atoms with Gasteiger partial charge in [-0.1, -0.05) is 62.1 Å². The summed E-state index contributed by atoms with van der Waals surface area (Å²) in [4.78, 5) is 15.5. The first-order valence-corrected chi connectivity index (χ1v) is 12.8. The van der Waals surface area contributed by atoms with E-state index >= 15 is 0 Å². The van der Waals surface area contributed by atoms with Crippen LogP contribution >= 0.6 is 8.03 Å². The van der Waals surface area contributed by atoms with Crippen molar-refractivity contribution in [3.8, 4) is 34.2 Å². The first kappa shape index (κ1) is 27.2. The SMILES string of the molecule is Cc1cc(F)ccc1-c1cc(-c2ccccc2)nc(C(C)C)c1C#CCO[P+](=O)C[C@@H](O)CC(=O)O. The molecule has 0 aliphatic carbocycles. The van der Waals surface area contributed by atoms with Crippen LogP contribution in [0.5, 0.6) is 0 Å². The first-order valence-electron chi connectivity index (χ1n) is 11.5. The Hall–Kier alpha value is -3.43. The van der Waals surface area contributed by atoms with Gasteiger partial charge in [0.05, 0.1) is 23.4 Å². The van der Waals surface area contributed by atoms with Gasteiger partial charge in [-0.2, -0.15) is 0 Å². The molecule has 2 atom stereocenters. The molecule has 36 heavy (non-hydrogen) atoms. The molecule has 0 aliphatic heterocycles. The highest BCUT2D eigenvalue weighted by Crippen LogP contribution is 2.34. The van der Waals surface area contributed by atoms with Crippen LogP contribution in [0.3, 0.4) is 0 Å². The molecule has 6 nitrogen and oxygen atoms in total. The van der Waals surface area contributed by atoms with E-state index in [2.05, 4.69) is 11.8 Å². The van der Waals surface area contributed by atoms with Crippen molar-refractivity contribution in [1.82, 2.24) is 4.98 Å². The van der Waals surface area contributed by atoms with Crippen molar-refractivity contribution in [3.05, 3.63) is 77.2 Å². The predicted molar refractivity (Wildman–Crippen MR) is 137 cm³/mol. The number of carbonyl (C=O) groups is 1. The molecule has 3 aromatic rings. The minimum absolute atomic E-state index is 0.0289. The van der Waals surface area contributed by atoms with E-state index in [1.807, 2.05) is 57.2 Å². The first-order chi connectivity index (χ1) is 17.2. The highest BCUT2D eigenvalue weighted by Gasteiger charge is 2.25. The van der Waals surface area contributed by atoms with Crippen molar-refractivity contribution >= 4 is 14.0 Å². The van der Waals surface area contributed by atoms with Gasteiger partial charge in [0, 0.05) is 11.1 Å². The van der Waals surface area contributed by atoms with Crippen LogP contribution in [0.15, 0.2) is 54.6 Å². The molecule has 186 valence electrons. The molecule has 0 bridgehead atoms. The summed E-state index contributed by atoms with van der Waals surface area (Å²) in [5.74, 6) is 4.50. The van der Waals surface area contributed by atoms with Gasteiger partial charge in [0.1, 0.15) is 11.9 Å². The number of rotatable bonds is 9. The zero-order chi connectivity index (χ0) is 26.2. The zero-order valence-electron chi connectivity index (χ0n) is 20.4. The number of nitrogens with zero attached hydrogens (tertiary/aromatic N) is 1. The van der Waals surface area contributed by atoms with Crippen LogP contribution in [-0.2, 0) is 13.9 Å². The molecule has 2 aromatic carbocycles. The van der Waals surface area contributed by atoms with Gasteiger partial charge in [-0.3, -0.25) is 9.78 Å². The average Bonchev–Trinajstić information content (AvgIpc) is 2.81. The van der Waals surface area contributed by atoms with Crippen LogP contribution in [0.25, 0.3) is 22.4 Å². The van der Waals surface area contributed by atoms with Crippen molar-refractivity contribution in [2.45, 2.75) is 39.2 Å². The summed E-state index contributed by atoms with van der Waals surface area (Å²) in [5.41, 5.74) is 5.54. The van der Waals surface area contributed by atoms with Crippen LogP contribution in [0.1, 0.15) is 43.0 Å². The lowest BCUT2D eigenvalue weighted by Crippen LogP contribution is -2.15. The topological polar surface area (TPSA) is 96.7 Å². The van der Waals surface area contributed by atoms with E-state index < -0.39 is 26.5 Å². The molecule has 8 heteroatoms. The number of hydrogen-bond donors (Lipinski definition) is 2. The summed E-state index contributed by atoms with van der Waals surface area (Å²) in [6.45, 7) is 5.69. The summed E-state index contributed by atoms with van der Waals surface area (Å²) >= 11 is 0. The van der Waals surface area contributed by atoms with E-state index in [0.29, 0.717) is 5.56 Å². The normalized spacial score (nSPS) is 12.1. The van der Waals surface area contributed by atoms with Crippen molar-refractivity contribution in [2.24, 2.45) is 0 Å². The van der Waals surface area contributed by atoms with E-state index in [1.165, 1.54) is 12.1 Å². The van der Waals surface area contributed by atoms with Gasteiger partial charge in [-0.15, -0.1) is 4.52 Å². The molecule has 0 amide bonds. The third-order valence-corrected chi connectivity index (χ3v) is 6.54. The summed E-state index contributed by atoms with van der Waals surface area (Å²) in [6, 6.07) is 16.3. The number of aryl methyl sites for hydroxylation is 1. The number of pyridine rings is 1. The fraction of sp³-hybridized carbons (Fsp3) is 0.286. The minimum atomic E-state index is -2.27. The number of aliphatic hydroxyl groups is 1. The Bertz CT molecular complexity index is 1310. The van der Waals surface area contributed by atoms with Gasteiger partial charge < -0.3 is 10.2 Å². The molecule has 1 unspecified atom stereocenters. The predicted octanol–water partition coefficient (Wildman–Crippen LogP) is 5.93. The Kier molecular flexibility index (Phi) is 9.44. The maximum atomic E-state index is 13.9. The van der Waals surface area contributed by atoms with Gasteiger partial charge in [0.15, 0.2) is 6.61 Å². The van der Waals surface area contributed by atoms with E-state index in [1.54, 1.807) is 6.07 Å². The lowest BCUT2D eigenvalue weighted by atomic mass is 9.91. The van der Waals surface area contributed by atoms with Crippen LogP contribution in [-0.4, -0.2) is 40.0 Å². The average molecular weight is 509 g/mol. The summed E-state index contributed by atoms with van der Waals surface area (Å²) < 4.78 is 31.1. The second-order valence-corrected chi connectivity index (χ2v) is 9.93. The fourth-order valence-corrected chi connectivity index (χ4v) is 4.52. The van der Waals surface area contributed by atoms with Crippen LogP contribution in [0.4, 0.5) is 4.39 Å². The number of aliphatic hydroxyl groups excluding tert-OH is 1. The van der Waals surface area contributed by atoms with E-state index in [9.17, 15) is 18.9 Å². The van der Waals surface area contributed by atoms with Crippen molar-refractivity contribution in [3.63, 3.8) is 0 Å². The molecule has 0 spiro atoms. The molecular weight excluding hydrogens is 480 g/mol. The van der Waals surface area contributed by atoms with Gasteiger partial charge >= 0.3 is 14.0 Å². The number of hydrogen-bond acceptors (Lipinski definition) is 5. The zero-order valence-corrected chi connectivity index (χ0v) is 21.3. The summed E-state index contributed by atoms with van der Waals surface area (Å²) in [6.07, 6.45) is -2.05. The lowest BCUT2D eigenvalue weighted by Gasteiger charge is -2.17. The standard InChI is InChI=1S/C28H27FNO5P/c1-18(2)28-24(10-7-13-35-36(34)17-22(31)15-27(32)33)25(23-12-11-21(29)14-19(23)3)16-26(30-28)20-8-5-4-6-9-20/h4-6,8-9,11-12,14,16,18,22,31H,13,15,17H2,1-3H3/p+1/t22-/m0/s1. The Morgan fingerprint density at radius 3 is 2.50 bits per heavy atom. The lowest BCUT2D eigenvalue weighted by molar-refractivity contribution is -0.138. The maximum absolute atomic E-state index is 13.9. The molecule has 1 aromatic heterocycles. The molecule has 0 saturated carbocycles. The number of benzene rings is 2. The third-order valence-electron chi connectivity index (χ3n) is 5.41. The molecule has 0 fully saturated rings. The molecule has 1 heterocycles. The maximum Gasteiger partial charge on any atom is 0.511 e. The second-order valence-electron chi connectivity index (χ2n) is 8.64. The Morgan fingerprint density at radius 2 is 1.86 bits per heavy atom. The van der Waals surface area contributed by atoms with Crippen molar-refractivity contribution < 1.29 is 28.5 Å². The molecule has 2 N–H and O–H groups in total. The monoisotopic (exact) mass is 508 g/mol. The third kappa shape index (κ3) is 7.29. The van der Waals surface area contributed by atoms with Gasteiger partial charge in [0.25, 0.3) is 0 Å². The Labute approximate surface area is 211 Å². The Balaban J connectivity index is 2.00. The van der Waals surface area contributed by atoms with Crippen molar-refractivity contribution in [2.75, 3.05) is 12.8 Å². The number of halogens is 1. The van der Waals surface area contributed by atoms with E-state index in [-0.39, 0.29) is 24.5 Å². The summed E-state index contributed by atoms with van der Waals surface area (Å²) in [5, 5.41) is 18.3. The second kappa shape index (κ2) is 12.5. The summed E-state index contributed by atoms with van der Waals surface area (Å²) in [7, 11) is -2.27. The smallest absolute Gasteiger partial charge is 0.481 e. The van der Waals surface area contributed by atoms with Crippen LogP contribution in [0, 0.1) is 24.6 Å². The number of carboxylic acid groups (broad SMARTS) is 1. The molecule has 3 rings (SSSR count). The van der Waals surface area contributed by atoms with Crippen LogP contribution < -0.4 is 0 Å². The molecule has 0 radical (unpaired) electrons. The van der Waals surface area contributed by atoms with E-state index in [4.69, 9.17) is 14.6 Å². The van der Waals surface area contributed by atoms with Gasteiger partial charge in [-0.25, -0.2) is 4.39 Å². The number of carboxylic acids is 1. The molecular formula is C28H28FNO5P+. The molecule has 0 saturated heterocycles. The number of aliphatic carboxylic acids is 1. The largest absolute Gasteiger partial charge is 0.511 e. The fourth-order valence-electron chi connectivity index (χ4n) is 3.73.